The average molecular weight is 282 g/mol. The van der Waals surface area contributed by atoms with Crippen molar-refractivity contribution in [1.29, 1.82) is 0 Å². The van der Waals surface area contributed by atoms with Gasteiger partial charge in [0.15, 0.2) is 5.16 Å². The minimum Gasteiger partial charge on any atom is -0.288 e. The van der Waals surface area contributed by atoms with Crippen molar-refractivity contribution in [1.82, 2.24) is 19.5 Å². The SMILES string of the molecule is CSc1nccc(-n2ccnc2Cc2ccccc2)n1. The summed E-state index contributed by atoms with van der Waals surface area (Å²) in [7, 11) is 0. The first kappa shape index (κ1) is 12.9. The molecule has 3 rings (SSSR count). The minimum absolute atomic E-state index is 0.766. The molecule has 2 heterocycles. The maximum atomic E-state index is 4.51. The van der Waals surface area contributed by atoms with Crippen molar-refractivity contribution in [3.63, 3.8) is 0 Å². The molecule has 0 bridgehead atoms. The summed E-state index contributed by atoms with van der Waals surface area (Å²) < 4.78 is 2.01. The molecule has 0 amide bonds. The van der Waals surface area contributed by atoms with Crippen LogP contribution in [-0.4, -0.2) is 25.8 Å². The Hall–Kier alpha value is -2.14. The van der Waals surface area contributed by atoms with Gasteiger partial charge in [-0.1, -0.05) is 42.1 Å². The third kappa shape index (κ3) is 2.72. The highest BCUT2D eigenvalue weighted by atomic mass is 32.2. The van der Waals surface area contributed by atoms with Gasteiger partial charge in [-0.15, -0.1) is 0 Å². The normalized spacial score (nSPS) is 10.7. The topological polar surface area (TPSA) is 43.6 Å². The zero-order chi connectivity index (χ0) is 13.8. The second-order valence-electron chi connectivity index (χ2n) is 4.28. The number of hydrogen-bond donors (Lipinski definition) is 0. The second kappa shape index (κ2) is 5.88. The quantitative estimate of drug-likeness (QED) is 0.545. The van der Waals surface area contributed by atoms with E-state index in [1.54, 1.807) is 12.4 Å². The third-order valence-corrected chi connectivity index (χ3v) is 3.53. The molecule has 3 aromatic rings. The van der Waals surface area contributed by atoms with E-state index in [1.807, 2.05) is 41.3 Å². The first-order chi connectivity index (χ1) is 9.86. The zero-order valence-electron chi connectivity index (χ0n) is 11.1. The molecular weight excluding hydrogens is 268 g/mol. The number of thioether (sulfide) groups is 1. The minimum atomic E-state index is 0.766. The van der Waals surface area contributed by atoms with E-state index < -0.39 is 0 Å². The Labute approximate surface area is 121 Å². The summed E-state index contributed by atoms with van der Waals surface area (Å²) in [5.74, 6) is 1.83. The summed E-state index contributed by atoms with van der Waals surface area (Å²) in [4.78, 5) is 13.1. The fourth-order valence-corrected chi connectivity index (χ4v) is 2.37. The van der Waals surface area contributed by atoms with Gasteiger partial charge in [-0.05, 0) is 17.9 Å². The summed E-state index contributed by atoms with van der Waals surface area (Å²) in [5, 5.41) is 0.766. The maximum Gasteiger partial charge on any atom is 0.189 e. The van der Waals surface area contributed by atoms with Gasteiger partial charge in [-0.2, -0.15) is 0 Å². The van der Waals surface area contributed by atoms with Gasteiger partial charge >= 0.3 is 0 Å². The lowest BCUT2D eigenvalue weighted by Gasteiger charge is -2.07. The standard InChI is InChI=1S/C15H14N4S/c1-20-15-17-8-7-13(18-15)19-10-9-16-14(19)11-12-5-3-2-4-6-12/h2-10H,11H2,1H3. The van der Waals surface area contributed by atoms with Crippen LogP contribution in [0.1, 0.15) is 11.4 Å². The van der Waals surface area contributed by atoms with Crippen molar-refractivity contribution < 1.29 is 0 Å². The lowest BCUT2D eigenvalue weighted by molar-refractivity contribution is 0.842. The van der Waals surface area contributed by atoms with Gasteiger partial charge in [0.1, 0.15) is 11.6 Å². The Morgan fingerprint density at radius 1 is 1.05 bits per heavy atom. The average Bonchev–Trinajstić information content (AvgIpc) is 2.96. The van der Waals surface area contributed by atoms with Crippen LogP contribution in [0.5, 0.6) is 0 Å². The smallest absolute Gasteiger partial charge is 0.189 e. The molecule has 0 saturated heterocycles. The molecule has 0 spiro atoms. The highest BCUT2D eigenvalue weighted by Gasteiger charge is 2.07. The van der Waals surface area contributed by atoms with Crippen LogP contribution in [0.25, 0.3) is 5.82 Å². The molecule has 0 N–H and O–H groups in total. The molecule has 0 aliphatic heterocycles. The molecule has 100 valence electrons. The number of imidazole rings is 1. The maximum absolute atomic E-state index is 4.51. The Morgan fingerprint density at radius 3 is 2.70 bits per heavy atom. The molecule has 5 heteroatoms. The van der Waals surface area contributed by atoms with Crippen molar-refractivity contribution in [2.45, 2.75) is 11.6 Å². The van der Waals surface area contributed by atoms with Crippen molar-refractivity contribution in [2.75, 3.05) is 6.26 Å². The monoisotopic (exact) mass is 282 g/mol. The van der Waals surface area contributed by atoms with Gasteiger partial charge < -0.3 is 0 Å². The molecular formula is C15H14N4S. The predicted molar refractivity (Wildman–Crippen MR) is 80.2 cm³/mol. The fraction of sp³-hybridized carbons (Fsp3) is 0.133. The van der Waals surface area contributed by atoms with Crippen LogP contribution in [-0.2, 0) is 6.42 Å². The number of hydrogen-bond acceptors (Lipinski definition) is 4. The van der Waals surface area contributed by atoms with E-state index in [0.29, 0.717) is 0 Å². The Kier molecular flexibility index (Phi) is 3.78. The molecule has 0 aliphatic carbocycles. The molecule has 0 saturated carbocycles. The summed E-state index contributed by atoms with van der Waals surface area (Å²) >= 11 is 1.53. The summed E-state index contributed by atoms with van der Waals surface area (Å²) in [6, 6.07) is 12.2. The van der Waals surface area contributed by atoms with E-state index >= 15 is 0 Å². The molecule has 0 unspecified atom stereocenters. The zero-order valence-corrected chi connectivity index (χ0v) is 11.9. The molecule has 0 atom stereocenters. The fourth-order valence-electron chi connectivity index (χ4n) is 2.02. The van der Waals surface area contributed by atoms with Crippen LogP contribution in [0.3, 0.4) is 0 Å². The molecule has 0 radical (unpaired) electrons. The predicted octanol–water partition coefficient (Wildman–Crippen LogP) is 2.98. The highest BCUT2D eigenvalue weighted by Crippen LogP contribution is 2.14. The number of rotatable bonds is 4. The largest absolute Gasteiger partial charge is 0.288 e. The summed E-state index contributed by atoms with van der Waals surface area (Å²) in [6.45, 7) is 0. The van der Waals surface area contributed by atoms with E-state index in [1.165, 1.54) is 17.3 Å². The Bertz CT molecular complexity index is 694. The molecule has 2 aromatic heterocycles. The van der Waals surface area contributed by atoms with Crippen LogP contribution < -0.4 is 0 Å². The number of aromatic nitrogens is 4. The van der Waals surface area contributed by atoms with Crippen LogP contribution in [0.15, 0.2) is 60.1 Å². The Morgan fingerprint density at radius 2 is 1.90 bits per heavy atom. The summed E-state index contributed by atoms with van der Waals surface area (Å²) in [5.41, 5.74) is 1.24. The van der Waals surface area contributed by atoms with Crippen LogP contribution in [0, 0.1) is 0 Å². The first-order valence-corrected chi connectivity index (χ1v) is 7.53. The van der Waals surface area contributed by atoms with Crippen molar-refractivity contribution in [2.24, 2.45) is 0 Å². The Balaban J connectivity index is 1.93. The molecule has 0 fully saturated rings. The second-order valence-corrected chi connectivity index (χ2v) is 5.05. The van der Waals surface area contributed by atoms with Gasteiger partial charge in [-0.25, -0.2) is 15.0 Å². The third-order valence-electron chi connectivity index (χ3n) is 2.97. The van der Waals surface area contributed by atoms with Crippen molar-refractivity contribution in [3.05, 3.63) is 66.4 Å². The molecule has 4 nitrogen and oxygen atoms in total. The first-order valence-electron chi connectivity index (χ1n) is 6.30. The van der Waals surface area contributed by atoms with E-state index in [4.69, 9.17) is 0 Å². The van der Waals surface area contributed by atoms with Crippen LogP contribution in [0.4, 0.5) is 0 Å². The molecule has 20 heavy (non-hydrogen) atoms. The lowest BCUT2D eigenvalue weighted by atomic mass is 10.1. The highest BCUT2D eigenvalue weighted by molar-refractivity contribution is 7.98. The number of nitrogens with zero attached hydrogens (tertiary/aromatic N) is 4. The van der Waals surface area contributed by atoms with Crippen LogP contribution >= 0.6 is 11.8 Å². The van der Waals surface area contributed by atoms with Gasteiger partial charge in [0.2, 0.25) is 0 Å². The van der Waals surface area contributed by atoms with E-state index in [2.05, 4.69) is 27.1 Å². The van der Waals surface area contributed by atoms with Crippen molar-refractivity contribution >= 4 is 11.8 Å². The lowest BCUT2D eigenvalue weighted by Crippen LogP contribution is -2.04. The number of benzene rings is 1. The van der Waals surface area contributed by atoms with Gasteiger partial charge in [0.05, 0.1) is 0 Å². The molecule has 0 aliphatic rings. The van der Waals surface area contributed by atoms with E-state index in [-0.39, 0.29) is 0 Å². The van der Waals surface area contributed by atoms with E-state index in [0.717, 1.165) is 23.2 Å². The van der Waals surface area contributed by atoms with E-state index in [9.17, 15) is 0 Å². The van der Waals surface area contributed by atoms with Gasteiger partial charge in [0, 0.05) is 25.0 Å². The van der Waals surface area contributed by atoms with Crippen molar-refractivity contribution in [3.8, 4) is 5.82 Å². The van der Waals surface area contributed by atoms with Gasteiger partial charge in [-0.3, -0.25) is 4.57 Å². The van der Waals surface area contributed by atoms with Crippen LogP contribution in [0.2, 0.25) is 0 Å². The summed E-state index contributed by atoms with van der Waals surface area (Å²) in [6.07, 6.45) is 8.27. The van der Waals surface area contributed by atoms with Gasteiger partial charge in [0.25, 0.3) is 0 Å². The molecule has 1 aromatic carbocycles.